The minimum absolute atomic E-state index is 0.108. The predicted octanol–water partition coefficient (Wildman–Crippen LogP) is 5.28. The molecule has 1 aromatic heterocycles. The van der Waals surface area contributed by atoms with E-state index in [0.29, 0.717) is 23.5 Å². The molecule has 3 aromatic rings. The van der Waals surface area contributed by atoms with Gasteiger partial charge in [-0.05, 0) is 67.1 Å². The molecule has 3 rings (SSSR count). The van der Waals surface area contributed by atoms with E-state index >= 15 is 0 Å². The number of hydrogen-bond acceptors (Lipinski definition) is 4. The molecule has 0 unspecified atom stereocenters. The Balaban J connectivity index is 1.72. The normalized spacial score (nSPS) is 10.5. The standard InChI is InChI=1S/C25H27N3O2S/c29-24(27-18-7-1-2-9-19-31)20-13-15-22(16-14-20)28(21-10-4-3-5-11-21)25(30)23-12-6-8-17-26-23/h3-6,8,10-17,31H,1-2,7,9,18-19H2,(H,27,29). The van der Waals surface area contributed by atoms with Gasteiger partial charge in [-0.2, -0.15) is 12.6 Å². The second-order valence-corrected chi connectivity index (χ2v) is 7.58. The molecule has 0 atom stereocenters. The Bertz CT molecular complexity index is 963. The summed E-state index contributed by atoms with van der Waals surface area (Å²) in [5.74, 6) is 0.565. The molecule has 160 valence electrons. The Morgan fingerprint density at radius 3 is 2.16 bits per heavy atom. The largest absolute Gasteiger partial charge is 0.352 e. The van der Waals surface area contributed by atoms with Gasteiger partial charge in [-0.25, -0.2) is 0 Å². The number of rotatable bonds is 10. The summed E-state index contributed by atoms with van der Waals surface area (Å²) in [6, 6.07) is 21.7. The lowest BCUT2D eigenvalue weighted by Gasteiger charge is -2.23. The van der Waals surface area contributed by atoms with Crippen molar-refractivity contribution in [3.63, 3.8) is 0 Å². The monoisotopic (exact) mass is 433 g/mol. The molecular formula is C25H27N3O2S. The van der Waals surface area contributed by atoms with Crippen molar-refractivity contribution in [2.75, 3.05) is 17.2 Å². The lowest BCUT2D eigenvalue weighted by atomic mass is 10.1. The van der Waals surface area contributed by atoms with Crippen molar-refractivity contribution in [2.24, 2.45) is 0 Å². The first kappa shape index (κ1) is 22.6. The highest BCUT2D eigenvalue weighted by Crippen LogP contribution is 2.27. The number of carbonyl (C=O) groups is 2. The number of anilines is 2. The van der Waals surface area contributed by atoms with Crippen LogP contribution in [0.5, 0.6) is 0 Å². The molecular weight excluding hydrogens is 406 g/mol. The maximum Gasteiger partial charge on any atom is 0.281 e. The molecule has 0 radical (unpaired) electrons. The Morgan fingerprint density at radius 2 is 1.48 bits per heavy atom. The second-order valence-electron chi connectivity index (χ2n) is 7.13. The van der Waals surface area contributed by atoms with Crippen LogP contribution >= 0.6 is 12.6 Å². The SMILES string of the molecule is O=C(NCCCCCCS)c1ccc(N(C(=O)c2ccccn2)c2ccccc2)cc1. The number of thiol groups is 1. The molecule has 1 N–H and O–H groups in total. The van der Waals surface area contributed by atoms with Crippen molar-refractivity contribution in [1.82, 2.24) is 10.3 Å². The van der Waals surface area contributed by atoms with Crippen molar-refractivity contribution in [2.45, 2.75) is 25.7 Å². The van der Waals surface area contributed by atoms with Gasteiger partial charge in [-0.1, -0.05) is 37.1 Å². The fourth-order valence-corrected chi connectivity index (χ4v) is 3.44. The van der Waals surface area contributed by atoms with Gasteiger partial charge >= 0.3 is 0 Å². The quantitative estimate of drug-likeness (QED) is 0.338. The summed E-state index contributed by atoms with van der Waals surface area (Å²) in [6.07, 6.45) is 5.88. The van der Waals surface area contributed by atoms with E-state index in [1.807, 2.05) is 30.3 Å². The molecule has 6 heteroatoms. The average Bonchev–Trinajstić information content (AvgIpc) is 2.83. The zero-order valence-electron chi connectivity index (χ0n) is 17.4. The molecule has 0 aliphatic carbocycles. The van der Waals surface area contributed by atoms with Gasteiger partial charge in [0.1, 0.15) is 5.69 Å². The third-order valence-corrected chi connectivity index (χ3v) is 5.18. The van der Waals surface area contributed by atoms with E-state index in [4.69, 9.17) is 0 Å². The fourth-order valence-electron chi connectivity index (χ4n) is 3.22. The molecule has 31 heavy (non-hydrogen) atoms. The molecule has 0 aliphatic rings. The van der Waals surface area contributed by atoms with E-state index in [2.05, 4.69) is 22.9 Å². The van der Waals surface area contributed by atoms with Gasteiger partial charge in [0, 0.05) is 29.7 Å². The van der Waals surface area contributed by atoms with Crippen molar-refractivity contribution in [1.29, 1.82) is 0 Å². The molecule has 1 heterocycles. The minimum Gasteiger partial charge on any atom is -0.352 e. The van der Waals surface area contributed by atoms with Crippen LogP contribution in [0, 0.1) is 0 Å². The second kappa shape index (κ2) is 11.9. The molecule has 0 aliphatic heterocycles. The van der Waals surface area contributed by atoms with Crippen molar-refractivity contribution in [3.8, 4) is 0 Å². The predicted molar refractivity (Wildman–Crippen MR) is 128 cm³/mol. The summed E-state index contributed by atoms with van der Waals surface area (Å²) < 4.78 is 0. The van der Waals surface area contributed by atoms with Gasteiger partial charge in [0.05, 0.1) is 0 Å². The first-order valence-electron chi connectivity index (χ1n) is 10.5. The van der Waals surface area contributed by atoms with E-state index < -0.39 is 0 Å². The fraction of sp³-hybridized carbons (Fsp3) is 0.240. The van der Waals surface area contributed by atoms with E-state index in [0.717, 1.165) is 37.1 Å². The number of benzene rings is 2. The summed E-state index contributed by atoms with van der Waals surface area (Å²) in [7, 11) is 0. The van der Waals surface area contributed by atoms with Crippen LogP contribution in [0.25, 0.3) is 0 Å². The number of pyridine rings is 1. The molecule has 0 spiro atoms. The summed E-state index contributed by atoms with van der Waals surface area (Å²) >= 11 is 4.21. The van der Waals surface area contributed by atoms with Crippen LogP contribution in [0.15, 0.2) is 79.0 Å². The minimum atomic E-state index is -0.231. The van der Waals surface area contributed by atoms with Gasteiger partial charge in [0.25, 0.3) is 11.8 Å². The van der Waals surface area contributed by atoms with Crippen LogP contribution in [-0.2, 0) is 0 Å². The molecule has 2 amide bonds. The van der Waals surface area contributed by atoms with Crippen LogP contribution in [0.4, 0.5) is 11.4 Å². The molecule has 0 saturated heterocycles. The zero-order chi connectivity index (χ0) is 21.9. The number of carbonyl (C=O) groups excluding carboxylic acids is 2. The first-order chi connectivity index (χ1) is 15.2. The van der Waals surface area contributed by atoms with Crippen LogP contribution in [-0.4, -0.2) is 29.1 Å². The first-order valence-corrected chi connectivity index (χ1v) is 11.1. The van der Waals surface area contributed by atoms with Crippen molar-refractivity contribution < 1.29 is 9.59 Å². The van der Waals surface area contributed by atoms with Gasteiger partial charge in [-0.3, -0.25) is 19.5 Å². The Hall–Kier alpha value is -3.12. The van der Waals surface area contributed by atoms with Crippen LogP contribution in [0.1, 0.15) is 46.5 Å². The number of para-hydroxylation sites is 1. The number of unbranched alkanes of at least 4 members (excludes halogenated alkanes) is 3. The van der Waals surface area contributed by atoms with Crippen LogP contribution in [0.2, 0.25) is 0 Å². The van der Waals surface area contributed by atoms with E-state index in [1.54, 1.807) is 53.6 Å². The lowest BCUT2D eigenvalue weighted by Crippen LogP contribution is -2.27. The maximum absolute atomic E-state index is 13.2. The molecule has 0 bridgehead atoms. The highest BCUT2D eigenvalue weighted by molar-refractivity contribution is 7.80. The average molecular weight is 434 g/mol. The lowest BCUT2D eigenvalue weighted by molar-refractivity contribution is 0.0952. The topological polar surface area (TPSA) is 62.3 Å². The van der Waals surface area contributed by atoms with Gasteiger partial charge < -0.3 is 5.32 Å². The van der Waals surface area contributed by atoms with Gasteiger partial charge in [0.15, 0.2) is 0 Å². The Kier molecular flexibility index (Phi) is 8.67. The van der Waals surface area contributed by atoms with E-state index in [1.165, 1.54) is 0 Å². The van der Waals surface area contributed by atoms with E-state index in [9.17, 15) is 9.59 Å². The number of hydrogen-bond donors (Lipinski definition) is 2. The van der Waals surface area contributed by atoms with Gasteiger partial charge in [0.2, 0.25) is 0 Å². The van der Waals surface area contributed by atoms with Crippen LogP contribution in [0.3, 0.4) is 0 Å². The maximum atomic E-state index is 13.2. The third kappa shape index (κ3) is 6.43. The number of nitrogens with one attached hydrogen (secondary N) is 1. The van der Waals surface area contributed by atoms with E-state index in [-0.39, 0.29) is 11.8 Å². The highest BCUT2D eigenvalue weighted by Gasteiger charge is 2.21. The summed E-state index contributed by atoms with van der Waals surface area (Å²) in [5.41, 5.74) is 2.32. The smallest absolute Gasteiger partial charge is 0.281 e. The van der Waals surface area contributed by atoms with Crippen molar-refractivity contribution in [3.05, 3.63) is 90.3 Å². The number of amides is 2. The Labute approximate surface area is 188 Å². The zero-order valence-corrected chi connectivity index (χ0v) is 18.3. The molecule has 5 nitrogen and oxygen atoms in total. The Morgan fingerprint density at radius 1 is 0.806 bits per heavy atom. The third-order valence-electron chi connectivity index (χ3n) is 4.86. The summed E-state index contributed by atoms with van der Waals surface area (Å²) in [4.78, 5) is 31.4. The summed E-state index contributed by atoms with van der Waals surface area (Å²) in [6.45, 7) is 0.654. The van der Waals surface area contributed by atoms with Gasteiger partial charge in [-0.15, -0.1) is 0 Å². The molecule has 0 fully saturated rings. The number of nitrogens with zero attached hydrogens (tertiary/aromatic N) is 2. The molecule has 2 aromatic carbocycles. The highest BCUT2D eigenvalue weighted by atomic mass is 32.1. The molecule has 0 saturated carbocycles. The van der Waals surface area contributed by atoms with Crippen molar-refractivity contribution >= 4 is 35.8 Å². The van der Waals surface area contributed by atoms with Crippen LogP contribution < -0.4 is 10.2 Å². The number of aromatic nitrogens is 1. The summed E-state index contributed by atoms with van der Waals surface area (Å²) in [5, 5.41) is 2.96.